The molecular formula is C15H14BrNO3. The molecule has 0 fully saturated rings. The number of methoxy groups -OCH3 is 1. The zero-order valence-corrected chi connectivity index (χ0v) is 12.5. The number of aliphatic carboxylic acids is 1. The molecule has 104 valence electrons. The van der Waals surface area contributed by atoms with Gasteiger partial charge in [-0.1, -0.05) is 12.1 Å². The van der Waals surface area contributed by atoms with Crippen LogP contribution in [0.1, 0.15) is 17.2 Å². The number of hydrogen-bond acceptors (Lipinski definition) is 3. The van der Waals surface area contributed by atoms with Crippen LogP contribution in [0.3, 0.4) is 0 Å². The summed E-state index contributed by atoms with van der Waals surface area (Å²) < 4.78 is 5.97. The summed E-state index contributed by atoms with van der Waals surface area (Å²) in [5.74, 6) is -0.840. The molecule has 0 spiro atoms. The predicted octanol–water partition coefficient (Wildman–Crippen LogP) is 3.26. The van der Waals surface area contributed by atoms with E-state index in [9.17, 15) is 9.90 Å². The van der Waals surface area contributed by atoms with Crippen molar-refractivity contribution in [3.63, 3.8) is 0 Å². The van der Waals surface area contributed by atoms with Gasteiger partial charge in [-0.15, -0.1) is 0 Å². The number of benzene rings is 1. The highest BCUT2D eigenvalue weighted by molar-refractivity contribution is 9.10. The second kappa shape index (κ2) is 6.52. The number of hydrogen-bond donors (Lipinski definition) is 1. The number of aromatic nitrogens is 1. The lowest BCUT2D eigenvalue weighted by Gasteiger charge is -2.12. The van der Waals surface area contributed by atoms with Gasteiger partial charge < -0.3 is 9.84 Å². The van der Waals surface area contributed by atoms with Crippen LogP contribution in [0.5, 0.6) is 5.75 Å². The Bertz CT molecular complexity index is 598. The summed E-state index contributed by atoms with van der Waals surface area (Å²) >= 11 is 3.29. The van der Waals surface area contributed by atoms with Crippen molar-refractivity contribution in [1.29, 1.82) is 0 Å². The van der Waals surface area contributed by atoms with Gasteiger partial charge in [-0.2, -0.15) is 0 Å². The summed E-state index contributed by atoms with van der Waals surface area (Å²) in [5.41, 5.74) is 1.45. The first-order chi connectivity index (χ1) is 9.60. The van der Waals surface area contributed by atoms with Gasteiger partial charge in [0.25, 0.3) is 0 Å². The molecule has 0 saturated heterocycles. The standard InChI is InChI=1S/C15H14BrNO3/c1-20-12-4-2-3-10(7-12)8-13(15(18)19)14-6-5-11(16)9-17-14/h2-7,9,13H,8H2,1H3,(H,18,19). The van der Waals surface area contributed by atoms with E-state index >= 15 is 0 Å². The van der Waals surface area contributed by atoms with Crippen molar-refractivity contribution in [3.8, 4) is 5.75 Å². The molecule has 0 saturated carbocycles. The SMILES string of the molecule is COc1cccc(CC(C(=O)O)c2ccc(Br)cn2)c1. The molecule has 0 bridgehead atoms. The maximum absolute atomic E-state index is 11.5. The van der Waals surface area contributed by atoms with E-state index in [0.717, 1.165) is 15.8 Å². The first kappa shape index (κ1) is 14.5. The lowest BCUT2D eigenvalue weighted by Crippen LogP contribution is -2.15. The van der Waals surface area contributed by atoms with Crippen molar-refractivity contribution >= 4 is 21.9 Å². The Hall–Kier alpha value is -1.88. The molecule has 1 atom stereocenters. The Morgan fingerprint density at radius 3 is 2.80 bits per heavy atom. The molecule has 1 N–H and O–H groups in total. The van der Waals surface area contributed by atoms with Crippen molar-refractivity contribution in [3.05, 3.63) is 58.3 Å². The van der Waals surface area contributed by atoms with Gasteiger partial charge >= 0.3 is 5.97 Å². The molecule has 1 heterocycles. The van der Waals surface area contributed by atoms with E-state index in [-0.39, 0.29) is 0 Å². The second-order valence-corrected chi connectivity index (χ2v) is 5.26. The monoisotopic (exact) mass is 335 g/mol. The molecule has 0 amide bonds. The van der Waals surface area contributed by atoms with Crippen molar-refractivity contribution in [2.75, 3.05) is 7.11 Å². The van der Waals surface area contributed by atoms with Crippen LogP contribution in [0.2, 0.25) is 0 Å². The summed E-state index contributed by atoms with van der Waals surface area (Å²) in [6, 6.07) is 10.9. The van der Waals surface area contributed by atoms with Crippen LogP contribution < -0.4 is 4.74 Å². The molecule has 4 nitrogen and oxygen atoms in total. The number of carboxylic acid groups (broad SMARTS) is 1. The Kier molecular flexibility index (Phi) is 4.74. The minimum absolute atomic E-state index is 0.376. The van der Waals surface area contributed by atoms with E-state index in [0.29, 0.717) is 12.1 Å². The maximum atomic E-state index is 11.5. The van der Waals surface area contributed by atoms with E-state index in [1.807, 2.05) is 24.3 Å². The molecule has 0 aliphatic carbocycles. The van der Waals surface area contributed by atoms with Gasteiger partial charge in [0.1, 0.15) is 11.7 Å². The number of nitrogens with zero attached hydrogens (tertiary/aromatic N) is 1. The third-order valence-electron chi connectivity index (χ3n) is 2.98. The van der Waals surface area contributed by atoms with Gasteiger partial charge in [0.2, 0.25) is 0 Å². The second-order valence-electron chi connectivity index (χ2n) is 4.35. The third-order valence-corrected chi connectivity index (χ3v) is 3.45. The first-order valence-corrected chi connectivity index (χ1v) is 6.86. The lowest BCUT2D eigenvalue weighted by atomic mass is 9.95. The van der Waals surface area contributed by atoms with E-state index in [1.165, 1.54) is 0 Å². The van der Waals surface area contributed by atoms with E-state index < -0.39 is 11.9 Å². The van der Waals surface area contributed by atoms with Crippen LogP contribution in [0.4, 0.5) is 0 Å². The summed E-state index contributed by atoms with van der Waals surface area (Å²) in [6.07, 6.45) is 1.98. The number of carbonyl (C=O) groups is 1. The van der Waals surface area contributed by atoms with Crippen molar-refractivity contribution in [2.45, 2.75) is 12.3 Å². The fourth-order valence-corrected chi connectivity index (χ4v) is 2.18. The van der Waals surface area contributed by atoms with E-state index in [4.69, 9.17) is 4.74 Å². The molecule has 0 aliphatic heterocycles. The molecule has 0 radical (unpaired) electrons. The molecule has 0 aliphatic rings. The van der Waals surface area contributed by atoms with Crippen molar-refractivity contribution in [1.82, 2.24) is 4.98 Å². The predicted molar refractivity (Wildman–Crippen MR) is 79.0 cm³/mol. The van der Waals surface area contributed by atoms with Crippen LogP contribution in [0.25, 0.3) is 0 Å². The highest BCUT2D eigenvalue weighted by Crippen LogP contribution is 2.23. The summed E-state index contributed by atoms with van der Waals surface area (Å²) in [7, 11) is 1.59. The molecular weight excluding hydrogens is 322 g/mol. The molecule has 1 aromatic heterocycles. The molecule has 2 rings (SSSR count). The Morgan fingerprint density at radius 2 is 2.20 bits per heavy atom. The topological polar surface area (TPSA) is 59.4 Å². The Morgan fingerprint density at radius 1 is 1.40 bits per heavy atom. The van der Waals surface area contributed by atoms with Gasteiger partial charge in [-0.3, -0.25) is 9.78 Å². The molecule has 20 heavy (non-hydrogen) atoms. The minimum atomic E-state index is -0.886. The number of ether oxygens (including phenoxy) is 1. The molecule has 1 aromatic carbocycles. The van der Waals surface area contributed by atoms with Crippen molar-refractivity contribution in [2.24, 2.45) is 0 Å². The zero-order chi connectivity index (χ0) is 14.5. The Labute approximate surface area is 125 Å². The number of pyridine rings is 1. The smallest absolute Gasteiger partial charge is 0.312 e. The number of rotatable bonds is 5. The minimum Gasteiger partial charge on any atom is -0.497 e. The lowest BCUT2D eigenvalue weighted by molar-refractivity contribution is -0.138. The third kappa shape index (κ3) is 3.57. The number of halogens is 1. The van der Waals surface area contributed by atoms with Crippen LogP contribution in [-0.2, 0) is 11.2 Å². The molecule has 2 aromatic rings. The first-order valence-electron chi connectivity index (χ1n) is 6.07. The van der Waals surface area contributed by atoms with E-state index in [2.05, 4.69) is 20.9 Å². The fourth-order valence-electron chi connectivity index (χ4n) is 1.95. The quantitative estimate of drug-likeness (QED) is 0.910. The fraction of sp³-hybridized carbons (Fsp3) is 0.200. The summed E-state index contributed by atoms with van der Waals surface area (Å²) in [6.45, 7) is 0. The zero-order valence-electron chi connectivity index (χ0n) is 10.9. The number of carboxylic acids is 1. The van der Waals surface area contributed by atoms with Gasteiger partial charge in [0.05, 0.1) is 12.8 Å². The maximum Gasteiger partial charge on any atom is 0.312 e. The Balaban J connectivity index is 2.25. The summed E-state index contributed by atoms with van der Waals surface area (Å²) in [5, 5.41) is 9.40. The normalized spacial score (nSPS) is 11.9. The van der Waals surface area contributed by atoms with Crippen molar-refractivity contribution < 1.29 is 14.6 Å². The van der Waals surface area contributed by atoms with Gasteiger partial charge in [0, 0.05) is 10.7 Å². The van der Waals surface area contributed by atoms with E-state index in [1.54, 1.807) is 25.4 Å². The van der Waals surface area contributed by atoms with Crippen LogP contribution in [0.15, 0.2) is 47.1 Å². The highest BCUT2D eigenvalue weighted by atomic mass is 79.9. The van der Waals surface area contributed by atoms with Gasteiger partial charge in [-0.25, -0.2) is 0 Å². The summed E-state index contributed by atoms with van der Waals surface area (Å²) in [4.78, 5) is 15.6. The van der Waals surface area contributed by atoms with Gasteiger partial charge in [0.15, 0.2) is 0 Å². The van der Waals surface area contributed by atoms with Crippen LogP contribution >= 0.6 is 15.9 Å². The molecule has 5 heteroatoms. The largest absolute Gasteiger partial charge is 0.497 e. The molecule has 1 unspecified atom stereocenters. The van der Waals surface area contributed by atoms with Gasteiger partial charge in [-0.05, 0) is 52.2 Å². The average molecular weight is 336 g/mol. The average Bonchev–Trinajstić information content (AvgIpc) is 2.46. The van der Waals surface area contributed by atoms with Crippen LogP contribution in [0, 0.1) is 0 Å². The highest BCUT2D eigenvalue weighted by Gasteiger charge is 2.21. The van der Waals surface area contributed by atoms with Crippen LogP contribution in [-0.4, -0.2) is 23.2 Å².